The fourth-order valence-corrected chi connectivity index (χ4v) is 3.10. The third-order valence-corrected chi connectivity index (χ3v) is 4.56. The monoisotopic (exact) mass is 364 g/mol. The summed E-state index contributed by atoms with van der Waals surface area (Å²) in [5.41, 5.74) is 0.575. The third-order valence-electron chi connectivity index (χ3n) is 4.56. The predicted octanol–water partition coefficient (Wildman–Crippen LogP) is 2.00. The highest BCUT2D eigenvalue weighted by Gasteiger charge is 2.25. The maximum absolute atomic E-state index is 13.0. The quantitative estimate of drug-likeness (QED) is 0.302. The van der Waals surface area contributed by atoms with Gasteiger partial charge in [0.15, 0.2) is 11.6 Å². The number of carbonyl (C=O) groups excluding carboxylic acids is 1. The van der Waals surface area contributed by atoms with Crippen molar-refractivity contribution in [2.45, 2.75) is 19.3 Å². The maximum atomic E-state index is 13.0. The third kappa shape index (κ3) is 6.11. The van der Waals surface area contributed by atoms with Gasteiger partial charge in [0.2, 0.25) is 0 Å². The first-order valence-electron chi connectivity index (χ1n) is 8.78. The molecule has 0 unspecified atom stereocenters. The Kier molecular flexibility index (Phi) is 7.53. The van der Waals surface area contributed by atoms with Crippen LogP contribution in [0.2, 0.25) is 0 Å². The molecule has 0 radical (unpaired) electrons. The number of ketones is 1. The van der Waals surface area contributed by atoms with E-state index in [1.165, 1.54) is 12.1 Å². The van der Waals surface area contributed by atoms with E-state index in [0.29, 0.717) is 17.9 Å². The lowest BCUT2D eigenvalue weighted by Crippen LogP contribution is -2.38. The van der Waals surface area contributed by atoms with Crippen molar-refractivity contribution in [3.8, 4) is 0 Å². The van der Waals surface area contributed by atoms with Crippen LogP contribution in [0, 0.1) is 21.8 Å². The molecule has 1 saturated heterocycles. The number of hydrogen-bond donors (Lipinski definition) is 2. The molecule has 0 aliphatic carbocycles. The van der Waals surface area contributed by atoms with Crippen LogP contribution in [-0.2, 0) is 0 Å². The number of carbonyl (C=O) groups is 1. The van der Waals surface area contributed by atoms with E-state index >= 15 is 0 Å². The Morgan fingerprint density at radius 2 is 2.00 bits per heavy atom. The van der Waals surface area contributed by atoms with Crippen LogP contribution in [0.5, 0.6) is 0 Å². The lowest BCUT2D eigenvalue weighted by atomic mass is 9.89. The van der Waals surface area contributed by atoms with E-state index in [2.05, 4.69) is 15.5 Å². The average Bonchev–Trinajstić information content (AvgIpc) is 2.64. The first-order chi connectivity index (χ1) is 12.5. The van der Waals surface area contributed by atoms with Gasteiger partial charge in [-0.2, -0.15) is 0 Å². The Morgan fingerprint density at radius 3 is 2.58 bits per heavy atom. The van der Waals surface area contributed by atoms with Crippen LogP contribution in [0.4, 0.5) is 4.39 Å². The Morgan fingerprint density at radius 1 is 1.35 bits per heavy atom. The zero-order valence-electron chi connectivity index (χ0n) is 14.9. The highest BCUT2D eigenvalue weighted by atomic mass is 19.1. The van der Waals surface area contributed by atoms with Gasteiger partial charge in [-0.1, -0.05) is 0 Å². The molecular weight excluding hydrogens is 339 g/mol. The largest absolute Gasteiger partial charge is 0.370 e. The normalized spacial score (nSPS) is 16.3. The van der Waals surface area contributed by atoms with Crippen LogP contribution in [0.15, 0.2) is 36.3 Å². The minimum atomic E-state index is -0.498. The number of halogens is 1. The molecule has 1 heterocycles. The number of piperidine rings is 1. The fraction of sp³-hybridized carbons (Fsp3) is 0.500. The molecule has 0 saturated carbocycles. The smallest absolute Gasteiger partial charge is 0.274 e. The summed E-state index contributed by atoms with van der Waals surface area (Å²) in [4.78, 5) is 24.7. The number of likely N-dealkylation sites (tertiary alicyclic amines) is 1. The second-order valence-corrected chi connectivity index (χ2v) is 6.35. The van der Waals surface area contributed by atoms with Crippen molar-refractivity contribution in [3.63, 3.8) is 0 Å². The van der Waals surface area contributed by atoms with Gasteiger partial charge in [-0.15, -0.1) is 0 Å². The molecular formula is C18H25FN4O3. The summed E-state index contributed by atoms with van der Waals surface area (Å²) in [6.07, 6.45) is 3.36. The Labute approximate surface area is 152 Å². The highest BCUT2D eigenvalue weighted by molar-refractivity contribution is 5.97. The van der Waals surface area contributed by atoms with Gasteiger partial charge in [0.05, 0.1) is 4.92 Å². The zero-order chi connectivity index (χ0) is 18.9. The summed E-state index contributed by atoms with van der Waals surface area (Å²) in [5, 5.41) is 16.2. The predicted molar refractivity (Wildman–Crippen MR) is 96.7 cm³/mol. The van der Waals surface area contributed by atoms with E-state index in [4.69, 9.17) is 0 Å². The summed E-state index contributed by atoms with van der Waals surface area (Å²) in [6.45, 7) is 3.21. The van der Waals surface area contributed by atoms with Crippen LogP contribution in [-0.4, -0.2) is 48.8 Å². The van der Waals surface area contributed by atoms with Crippen molar-refractivity contribution in [1.82, 2.24) is 15.5 Å². The number of nitrogens with one attached hydrogen (secondary N) is 2. The highest BCUT2D eigenvalue weighted by Crippen LogP contribution is 2.22. The zero-order valence-corrected chi connectivity index (χ0v) is 14.9. The molecule has 1 aliphatic heterocycles. The second-order valence-electron chi connectivity index (χ2n) is 6.35. The molecule has 1 aromatic rings. The molecule has 8 heteroatoms. The SMILES string of the molecule is CN/C(=C\[N+](=O)[O-])NCCCN1CCC(C(=O)c2ccc(F)cc2)CC1. The number of Topliss-reactive ketones (excluding diaryl/α,β-unsaturated/α-hetero) is 1. The molecule has 0 bridgehead atoms. The van der Waals surface area contributed by atoms with Crippen LogP contribution in [0.1, 0.15) is 29.6 Å². The molecule has 2 rings (SSSR count). The van der Waals surface area contributed by atoms with E-state index in [1.807, 2.05) is 0 Å². The Hall–Kier alpha value is -2.48. The van der Waals surface area contributed by atoms with Gasteiger partial charge >= 0.3 is 0 Å². The Balaban J connectivity index is 1.69. The average molecular weight is 364 g/mol. The molecule has 26 heavy (non-hydrogen) atoms. The first kappa shape index (κ1) is 19.8. The molecule has 1 fully saturated rings. The van der Waals surface area contributed by atoms with Gasteiger partial charge in [-0.25, -0.2) is 4.39 Å². The molecule has 7 nitrogen and oxygen atoms in total. The van der Waals surface area contributed by atoms with Crippen LogP contribution in [0.25, 0.3) is 0 Å². The Bertz CT molecular complexity index is 640. The molecule has 142 valence electrons. The van der Waals surface area contributed by atoms with Crippen LogP contribution >= 0.6 is 0 Å². The van der Waals surface area contributed by atoms with Gasteiger partial charge < -0.3 is 15.5 Å². The van der Waals surface area contributed by atoms with E-state index < -0.39 is 4.92 Å². The number of rotatable bonds is 9. The van der Waals surface area contributed by atoms with Crippen molar-refractivity contribution in [3.05, 3.63) is 57.8 Å². The standard InChI is InChI=1S/C18H25FN4O3/c1-20-17(13-23(25)26)21-9-2-10-22-11-7-15(8-12-22)18(24)14-3-5-16(19)6-4-14/h3-6,13,15,20-21H,2,7-12H2,1H3/b17-13+. The molecule has 2 N–H and O–H groups in total. The number of hydrogen-bond acceptors (Lipinski definition) is 6. The van der Waals surface area contributed by atoms with Gasteiger partial charge in [0, 0.05) is 25.1 Å². The molecule has 1 aliphatic rings. The molecule has 0 atom stereocenters. The topological polar surface area (TPSA) is 87.5 Å². The van der Waals surface area contributed by atoms with Crippen molar-refractivity contribution in [2.24, 2.45) is 5.92 Å². The van der Waals surface area contributed by atoms with Crippen LogP contribution in [0.3, 0.4) is 0 Å². The summed E-state index contributed by atoms with van der Waals surface area (Å²) >= 11 is 0. The first-order valence-corrected chi connectivity index (χ1v) is 8.78. The van der Waals surface area contributed by atoms with E-state index in [9.17, 15) is 19.3 Å². The fourth-order valence-electron chi connectivity index (χ4n) is 3.10. The van der Waals surface area contributed by atoms with Gasteiger partial charge in [-0.05, 0) is 63.2 Å². The molecule has 0 aromatic heterocycles. The summed E-state index contributed by atoms with van der Waals surface area (Å²) in [7, 11) is 1.63. The second kappa shape index (κ2) is 9.86. The maximum Gasteiger partial charge on any atom is 0.274 e. The molecule has 1 aromatic carbocycles. The van der Waals surface area contributed by atoms with E-state index in [0.717, 1.165) is 45.1 Å². The summed E-state index contributed by atoms with van der Waals surface area (Å²) < 4.78 is 13.0. The van der Waals surface area contributed by atoms with Gasteiger partial charge in [0.25, 0.3) is 6.20 Å². The van der Waals surface area contributed by atoms with E-state index in [1.54, 1.807) is 19.2 Å². The van der Waals surface area contributed by atoms with Crippen LogP contribution < -0.4 is 10.6 Å². The number of nitro groups is 1. The van der Waals surface area contributed by atoms with Crippen molar-refractivity contribution < 1.29 is 14.1 Å². The van der Waals surface area contributed by atoms with Crippen molar-refractivity contribution in [2.75, 3.05) is 33.2 Å². The number of benzene rings is 1. The molecule has 0 spiro atoms. The minimum Gasteiger partial charge on any atom is -0.370 e. The lowest BCUT2D eigenvalue weighted by Gasteiger charge is -2.31. The summed E-state index contributed by atoms with van der Waals surface area (Å²) in [6, 6.07) is 5.74. The lowest BCUT2D eigenvalue weighted by molar-refractivity contribution is -0.404. The minimum absolute atomic E-state index is 0.00578. The molecule has 0 amide bonds. The van der Waals surface area contributed by atoms with Gasteiger partial charge in [-0.3, -0.25) is 14.9 Å². The number of nitrogens with zero attached hydrogens (tertiary/aromatic N) is 2. The van der Waals surface area contributed by atoms with E-state index in [-0.39, 0.29) is 17.5 Å². The van der Waals surface area contributed by atoms with Gasteiger partial charge in [0.1, 0.15) is 5.82 Å². The van der Waals surface area contributed by atoms with Crippen molar-refractivity contribution in [1.29, 1.82) is 0 Å². The van der Waals surface area contributed by atoms with Crippen molar-refractivity contribution >= 4 is 5.78 Å². The summed E-state index contributed by atoms with van der Waals surface area (Å²) in [5.74, 6) is 0.140.